The lowest BCUT2D eigenvalue weighted by Crippen LogP contribution is -2.40. The number of hydrogen-bond acceptors (Lipinski definition) is 4. The second kappa shape index (κ2) is 6.56. The summed E-state index contributed by atoms with van der Waals surface area (Å²) in [6.07, 6.45) is 0.244. The number of aliphatic hydroxyl groups excluding tert-OH is 1. The van der Waals surface area contributed by atoms with E-state index in [4.69, 9.17) is 9.84 Å². The van der Waals surface area contributed by atoms with Crippen molar-refractivity contribution in [3.8, 4) is 0 Å². The maximum Gasteiger partial charge on any atom is 0.225 e. The van der Waals surface area contributed by atoms with Gasteiger partial charge in [0, 0.05) is 32.7 Å². The molecule has 6 nitrogen and oxygen atoms in total. The summed E-state index contributed by atoms with van der Waals surface area (Å²) < 4.78 is 4.90. The van der Waals surface area contributed by atoms with Crippen LogP contribution in [0.25, 0.3) is 0 Å². The molecule has 0 spiro atoms. The van der Waals surface area contributed by atoms with Gasteiger partial charge in [0.2, 0.25) is 11.8 Å². The molecule has 98 valence electrons. The Morgan fingerprint density at radius 3 is 3.00 bits per heavy atom. The maximum absolute atomic E-state index is 11.7. The number of carbonyl (C=O) groups excluding carboxylic acids is 2. The minimum Gasteiger partial charge on any atom is -0.394 e. The van der Waals surface area contributed by atoms with Gasteiger partial charge in [-0.25, -0.2) is 0 Å². The van der Waals surface area contributed by atoms with Crippen molar-refractivity contribution in [1.29, 1.82) is 0 Å². The van der Waals surface area contributed by atoms with Crippen molar-refractivity contribution in [1.82, 2.24) is 10.2 Å². The van der Waals surface area contributed by atoms with Crippen LogP contribution in [0.2, 0.25) is 0 Å². The van der Waals surface area contributed by atoms with Crippen molar-refractivity contribution < 1.29 is 19.4 Å². The van der Waals surface area contributed by atoms with Gasteiger partial charge < -0.3 is 20.1 Å². The minimum absolute atomic E-state index is 0.0150. The fourth-order valence-electron chi connectivity index (χ4n) is 1.77. The Morgan fingerprint density at radius 1 is 1.71 bits per heavy atom. The Labute approximate surface area is 101 Å². The second-order valence-corrected chi connectivity index (χ2v) is 4.33. The summed E-state index contributed by atoms with van der Waals surface area (Å²) in [4.78, 5) is 25.0. The Bertz CT molecular complexity index is 283. The SMILES string of the molecule is COCCN1CC(C(=O)N[C@@H](C)CO)CC1=O. The molecule has 1 fully saturated rings. The smallest absolute Gasteiger partial charge is 0.225 e. The molecule has 0 aliphatic carbocycles. The van der Waals surface area contributed by atoms with E-state index in [2.05, 4.69) is 5.32 Å². The van der Waals surface area contributed by atoms with Crippen LogP contribution in [-0.4, -0.2) is 61.3 Å². The van der Waals surface area contributed by atoms with Gasteiger partial charge in [0.15, 0.2) is 0 Å². The van der Waals surface area contributed by atoms with Crippen LogP contribution >= 0.6 is 0 Å². The van der Waals surface area contributed by atoms with Gasteiger partial charge >= 0.3 is 0 Å². The zero-order valence-electron chi connectivity index (χ0n) is 10.3. The molecule has 2 atom stereocenters. The number of carbonyl (C=O) groups is 2. The lowest BCUT2D eigenvalue weighted by molar-refractivity contribution is -0.129. The quantitative estimate of drug-likeness (QED) is 0.627. The van der Waals surface area contributed by atoms with Crippen LogP contribution in [0.4, 0.5) is 0 Å². The monoisotopic (exact) mass is 244 g/mol. The van der Waals surface area contributed by atoms with Crippen LogP contribution in [0.3, 0.4) is 0 Å². The molecule has 1 aliphatic heterocycles. The first-order chi connectivity index (χ1) is 8.08. The molecular formula is C11H20N2O4. The molecule has 1 rings (SSSR count). The summed E-state index contributed by atoms with van der Waals surface area (Å²) in [6.45, 7) is 3.06. The maximum atomic E-state index is 11.7. The third-order valence-corrected chi connectivity index (χ3v) is 2.81. The molecule has 17 heavy (non-hydrogen) atoms. The number of nitrogens with one attached hydrogen (secondary N) is 1. The normalized spacial score (nSPS) is 21.7. The van der Waals surface area contributed by atoms with Crippen LogP contribution < -0.4 is 5.32 Å². The van der Waals surface area contributed by atoms with Crippen molar-refractivity contribution >= 4 is 11.8 Å². The number of hydrogen-bond donors (Lipinski definition) is 2. The molecule has 1 unspecified atom stereocenters. The predicted octanol–water partition coefficient (Wildman–Crippen LogP) is -1.02. The number of amides is 2. The van der Waals surface area contributed by atoms with Crippen molar-refractivity contribution in [2.24, 2.45) is 5.92 Å². The molecule has 0 aromatic rings. The third kappa shape index (κ3) is 3.98. The zero-order valence-corrected chi connectivity index (χ0v) is 10.3. The first-order valence-electron chi connectivity index (χ1n) is 5.76. The summed E-state index contributed by atoms with van der Waals surface area (Å²) >= 11 is 0. The summed E-state index contributed by atoms with van der Waals surface area (Å²) in [5.74, 6) is -0.493. The van der Waals surface area contributed by atoms with E-state index in [9.17, 15) is 9.59 Å². The number of rotatable bonds is 6. The van der Waals surface area contributed by atoms with Gasteiger partial charge in [-0.05, 0) is 6.92 Å². The zero-order chi connectivity index (χ0) is 12.8. The van der Waals surface area contributed by atoms with Gasteiger partial charge in [0.25, 0.3) is 0 Å². The Kier molecular flexibility index (Phi) is 5.37. The van der Waals surface area contributed by atoms with E-state index in [1.54, 1.807) is 18.9 Å². The van der Waals surface area contributed by atoms with E-state index in [1.165, 1.54) is 0 Å². The number of nitrogens with zero attached hydrogens (tertiary/aromatic N) is 1. The standard InChI is InChI=1S/C11H20N2O4/c1-8(7-14)12-11(16)9-5-10(15)13(6-9)3-4-17-2/h8-9,14H,3-7H2,1-2H3,(H,12,16)/t8-,9?/m0/s1. The highest BCUT2D eigenvalue weighted by atomic mass is 16.5. The molecule has 6 heteroatoms. The Balaban J connectivity index is 2.42. The van der Waals surface area contributed by atoms with Crippen LogP contribution in [0.1, 0.15) is 13.3 Å². The summed E-state index contributed by atoms with van der Waals surface area (Å²) in [7, 11) is 1.58. The van der Waals surface area contributed by atoms with Gasteiger partial charge in [0.1, 0.15) is 0 Å². The molecule has 0 bridgehead atoms. The van der Waals surface area contributed by atoms with E-state index in [0.29, 0.717) is 19.7 Å². The van der Waals surface area contributed by atoms with Gasteiger partial charge in [-0.15, -0.1) is 0 Å². The number of methoxy groups -OCH3 is 1. The molecule has 0 aromatic carbocycles. The highest BCUT2D eigenvalue weighted by Crippen LogP contribution is 2.17. The predicted molar refractivity (Wildman–Crippen MR) is 61.3 cm³/mol. The van der Waals surface area contributed by atoms with Gasteiger partial charge in [0.05, 0.1) is 19.1 Å². The van der Waals surface area contributed by atoms with Crippen LogP contribution in [-0.2, 0) is 14.3 Å². The first kappa shape index (κ1) is 13.9. The largest absolute Gasteiger partial charge is 0.394 e. The van der Waals surface area contributed by atoms with E-state index >= 15 is 0 Å². The minimum atomic E-state index is -0.312. The highest BCUT2D eigenvalue weighted by Gasteiger charge is 2.34. The van der Waals surface area contributed by atoms with Crippen molar-refractivity contribution in [3.63, 3.8) is 0 Å². The summed E-state index contributed by atoms with van der Waals surface area (Å²) in [6, 6.07) is -0.273. The number of ether oxygens (including phenoxy) is 1. The molecule has 0 aromatic heterocycles. The van der Waals surface area contributed by atoms with Gasteiger partial charge in [-0.2, -0.15) is 0 Å². The van der Waals surface area contributed by atoms with E-state index in [0.717, 1.165) is 0 Å². The molecule has 1 heterocycles. The first-order valence-corrected chi connectivity index (χ1v) is 5.76. The van der Waals surface area contributed by atoms with Crippen molar-refractivity contribution in [2.75, 3.05) is 33.4 Å². The molecule has 1 aliphatic rings. The van der Waals surface area contributed by atoms with Gasteiger partial charge in [-0.3, -0.25) is 9.59 Å². The van der Waals surface area contributed by atoms with E-state index < -0.39 is 0 Å². The van der Waals surface area contributed by atoms with Gasteiger partial charge in [-0.1, -0.05) is 0 Å². The topological polar surface area (TPSA) is 78.9 Å². The fraction of sp³-hybridized carbons (Fsp3) is 0.818. The molecule has 0 saturated carbocycles. The third-order valence-electron chi connectivity index (χ3n) is 2.81. The van der Waals surface area contributed by atoms with Crippen LogP contribution in [0.5, 0.6) is 0 Å². The number of aliphatic hydroxyl groups is 1. The lowest BCUT2D eigenvalue weighted by Gasteiger charge is -2.17. The molecule has 2 amide bonds. The Hall–Kier alpha value is -1.14. The van der Waals surface area contributed by atoms with Crippen LogP contribution in [0.15, 0.2) is 0 Å². The lowest BCUT2D eigenvalue weighted by atomic mass is 10.1. The van der Waals surface area contributed by atoms with E-state index in [-0.39, 0.29) is 36.8 Å². The second-order valence-electron chi connectivity index (χ2n) is 4.33. The van der Waals surface area contributed by atoms with Crippen LogP contribution in [0, 0.1) is 5.92 Å². The van der Waals surface area contributed by atoms with Crippen molar-refractivity contribution in [3.05, 3.63) is 0 Å². The number of likely N-dealkylation sites (tertiary alicyclic amines) is 1. The average molecular weight is 244 g/mol. The Morgan fingerprint density at radius 2 is 2.41 bits per heavy atom. The molecular weight excluding hydrogens is 224 g/mol. The highest BCUT2D eigenvalue weighted by molar-refractivity contribution is 5.89. The molecule has 2 N–H and O–H groups in total. The fourth-order valence-corrected chi connectivity index (χ4v) is 1.77. The van der Waals surface area contributed by atoms with Crippen molar-refractivity contribution in [2.45, 2.75) is 19.4 Å². The summed E-state index contributed by atoms with van der Waals surface area (Å²) in [5, 5.41) is 11.5. The summed E-state index contributed by atoms with van der Waals surface area (Å²) in [5.41, 5.74) is 0. The molecule has 0 radical (unpaired) electrons. The molecule has 1 saturated heterocycles. The average Bonchev–Trinajstić information content (AvgIpc) is 2.68. The van der Waals surface area contributed by atoms with E-state index in [1.807, 2.05) is 0 Å².